The van der Waals surface area contributed by atoms with E-state index >= 15 is 0 Å². The Morgan fingerprint density at radius 3 is 2.79 bits per heavy atom. The number of carbonyl (C=O) groups excluding carboxylic acids is 1. The minimum Gasteiger partial charge on any atom is -0.356 e. The van der Waals surface area contributed by atoms with E-state index < -0.39 is 5.82 Å². The molecule has 0 aliphatic rings. The summed E-state index contributed by atoms with van der Waals surface area (Å²) in [6.07, 6.45) is 2.80. The lowest BCUT2D eigenvalue weighted by molar-refractivity contribution is -0.120. The Hall–Kier alpha value is -2.33. The minimum atomic E-state index is -0.448. The first-order chi connectivity index (χ1) is 11.6. The number of carbonyl (C=O) groups is 1. The van der Waals surface area contributed by atoms with Crippen LogP contribution < -0.4 is 5.32 Å². The summed E-state index contributed by atoms with van der Waals surface area (Å²) in [5.74, 6) is -0.671. The van der Waals surface area contributed by atoms with Crippen molar-refractivity contribution in [2.24, 2.45) is 0 Å². The number of benzene rings is 2. The van der Waals surface area contributed by atoms with E-state index in [0.29, 0.717) is 6.54 Å². The summed E-state index contributed by atoms with van der Waals surface area (Å²) in [5, 5.41) is 4.30. The number of nitrogens with zero attached hydrogens (tertiary/aromatic N) is 1. The second kappa shape index (κ2) is 7.49. The lowest BCUT2D eigenvalue weighted by atomic mass is 10.1. The lowest BCUT2D eigenvalue weighted by Gasteiger charge is -2.09. The van der Waals surface area contributed by atoms with Gasteiger partial charge in [0.1, 0.15) is 5.82 Å². The van der Waals surface area contributed by atoms with Crippen LogP contribution in [0.4, 0.5) is 4.39 Å². The van der Waals surface area contributed by atoms with Gasteiger partial charge in [-0.25, -0.2) is 4.39 Å². The van der Waals surface area contributed by atoms with Crippen molar-refractivity contribution in [3.05, 3.63) is 71.1 Å². The maximum Gasteiger partial charge on any atom is 0.224 e. The second-order valence-electron chi connectivity index (χ2n) is 5.65. The van der Waals surface area contributed by atoms with Crippen LogP contribution in [0.3, 0.4) is 0 Å². The third-order valence-electron chi connectivity index (χ3n) is 3.98. The van der Waals surface area contributed by atoms with Gasteiger partial charge in [0, 0.05) is 35.4 Å². The molecule has 24 heavy (non-hydrogen) atoms. The Bertz CT molecular complexity index is 839. The average Bonchev–Trinajstić information content (AvgIpc) is 2.98. The Morgan fingerprint density at radius 2 is 1.96 bits per heavy atom. The highest BCUT2D eigenvalue weighted by atomic mass is 35.5. The van der Waals surface area contributed by atoms with E-state index in [-0.39, 0.29) is 22.9 Å². The van der Waals surface area contributed by atoms with Gasteiger partial charge in [-0.3, -0.25) is 4.79 Å². The molecule has 3 aromatic rings. The van der Waals surface area contributed by atoms with Crippen molar-refractivity contribution in [2.75, 3.05) is 6.54 Å². The van der Waals surface area contributed by atoms with Crippen molar-refractivity contribution in [2.45, 2.75) is 19.4 Å². The largest absolute Gasteiger partial charge is 0.356 e. The predicted octanol–water partition coefficient (Wildman–Crippen LogP) is 4.18. The number of amides is 1. The van der Waals surface area contributed by atoms with Gasteiger partial charge >= 0.3 is 0 Å². The van der Waals surface area contributed by atoms with Gasteiger partial charge < -0.3 is 9.88 Å². The third-order valence-corrected chi connectivity index (χ3v) is 4.33. The monoisotopic (exact) mass is 344 g/mol. The molecule has 5 heteroatoms. The van der Waals surface area contributed by atoms with Crippen molar-refractivity contribution in [1.82, 2.24) is 9.88 Å². The molecule has 1 amide bonds. The molecule has 3 nitrogen and oxygen atoms in total. The predicted molar refractivity (Wildman–Crippen MR) is 94.7 cm³/mol. The van der Waals surface area contributed by atoms with Crippen LogP contribution in [-0.2, 0) is 17.8 Å². The molecule has 124 valence electrons. The maximum absolute atomic E-state index is 13.7. The molecule has 0 spiro atoms. The summed E-state index contributed by atoms with van der Waals surface area (Å²) < 4.78 is 15.8. The van der Waals surface area contributed by atoms with Crippen LogP contribution in [0.5, 0.6) is 0 Å². The van der Waals surface area contributed by atoms with Gasteiger partial charge in [0.15, 0.2) is 0 Å². The minimum absolute atomic E-state index is 0.0437. The highest BCUT2D eigenvalue weighted by Crippen LogP contribution is 2.19. The van der Waals surface area contributed by atoms with Crippen molar-refractivity contribution >= 4 is 28.4 Å². The molecule has 0 atom stereocenters. The first-order valence-corrected chi connectivity index (χ1v) is 8.26. The molecule has 0 fully saturated rings. The van der Waals surface area contributed by atoms with Gasteiger partial charge in [-0.05, 0) is 36.1 Å². The van der Waals surface area contributed by atoms with Crippen LogP contribution >= 0.6 is 11.6 Å². The Morgan fingerprint density at radius 1 is 1.12 bits per heavy atom. The first kappa shape index (κ1) is 16.5. The first-order valence-electron chi connectivity index (χ1n) is 7.88. The zero-order valence-electron chi connectivity index (χ0n) is 13.1. The molecule has 0 unspecified atom stereocenters. The number of rotatable bonds is 6. The van der Waals surface area contributed by atoms with Gasteiger partial charge in [-0.1, -0.05) is 35.9 Å². The van der Waals surface area contributed by atoms with Crippen molar-refractivity contribution in [3.63, 3.8) is 0 Å². The van der Waals surface area contributed by atoms with Gasteiger partial charge in [0.05, 0.1) is 6.42 Å². The summed E-state index contributed by atoms with van der Waals surface area (Å²) in [5.41, 5.74) is 1.43. The van der Waals surface area contributed by atoms with Crippen molar-refractivity contribution in [3.8, 4) is 0 Å². The second-order valence-corrected chi connectivity index (χ2v) is 6.06. The zero-order valence-corrected chi connectivity index (χ0v) is 13.9. The molecule has 0 aliphatic carbocycles. The number of halogens is 2. The summed E-state index contributed by atoms with van der Waals surface area (Å²) in [7, 11) is 0. The molecule has 0 bridgehead atoms. The van der Waals surface area contributed by atoms with Crippen molar-refractivity contribution < 1.29 is 9.18 Å². The molecule has 0 aliphatic heterocycles. The lowest BCUT2D eigenvalue weighted by Crippen LogP contribution is -2.27. The van der Waals surface area contributed by atoms with Gasteiger partial charge in [-0.2, -0.15) is 0 Å². The van der Waals surface area contributed by atoms with Crippen molar-refractivity contribution in [1.29, 1.82) is 0 Å². The summed E-state index contributed by atoms with van der Waals surface area (Å²) in [6, 6.07) is 14.7. The SMILES string of the molecule is O=C(Cc1c(F)cccc1Cl)NCCCn1ccc2ccccc21. The highest BCUT2D eigenvalue weighted by Gasteiger charge is 2.11. The van der Waals surface area contributed by atoms with E-state index in [1.54, 1.807) is 6.07 Å². The third kappa shape index (κ3) is 3.77. The van der Waals surface area contributed by atoms with Gasteiger partial charge in [0.2, 0.25) is 5.91 Å². The summed E-state index contributed by atoms with van der Waals surface area (Å²) >= 11 is 5.93. The van der Waals surface area contributed by atoms with Crippen LogP contribution in [-0.4, -0.2) is 17.0 Å². The Kier molecular flexibility index (Phi) is 5.16. The van der Waals surface area contributed by atoms with E-state index in [4.69, 9.17) is 11.6 Å². The van der Waals surface area contributed by atoms with E-state index in [9.17, 15) is 9.18 Å². The molecule has 1 heterocycles. The van der Waals surface area contributed by atoms with Crippen LogP contribution in [0.1, 0.15) is 12.0 Å². The molecule has 3 rings (SSSR count). The molecule has 1 aromatic heterocycles. The number of nitrogens with one attached hydrogen (secondary N) is 1. The molecule has 2 aromatic carbocycles. The molecule has 1 N–H and O–H groups in total. The molecule has 0 radical (unpaired) electrons. The number of para-hydroxylation sites is 1. The Labute approximate surface area is 145 Å². The molecule has 0 saturated heterocycles. The average molecular weight is 345 g/mol. The number of fused-ring (bicyclic) bond motifs is 1. The summed E-state index contributed by atoms with van der Waals surface area (Å²) in [6.45, 7) is 1.35. The quantitative estimate of drug-likeness (QED) is 0.669. The van der Waals surface area contributed by atoms with Crippen LogP contribution in [0, 0.1) is 5.82 Å². The van der Waals surface area contributed by atoms with E-state index in [2.05, 4.69) is 28.1 Å². The van der Waals surface area contributed by atoms with E-state index in [1.165, 1.54) is 23.0 Å². The van der Waals surface area contributed by atoms with E-state index in [0.717, 1.165) is 13.0 Å². The molecular formula is C19H18ClFN2O. The number of aromatic nitrogens is 1. The van der Waals surface area contributed by atoms with Gasteiger partial charge in [0.25, 0.3) is 0 Å². The normalized spacial score (nSPS) is 10.9. The maximum atomic E-state index is 13.7. The topological polar surface area (TPSA) is 34.0 Å². The summed E-state index contributed by atoms with van der Waals surface area (Å²) in [4.78, 5) is 11.9. The number of hydrogen-bond acceptors (Lipinski definition) is 1. The van der Waals surface area contributed by atoms with Gasteiger partial charge in [-0.15, -0.1) is 0 Å². The standard InChI is InChI=1S/C19H18ClFN2O/c20-16-6-3-7-17(21)15(16)13-19(24)22-10-4-11-23-12-9-14-5-1-2-8-18(14)23/h1-3,5-9,12H,4,10-11,13H2,(H,22,24). The van der Waals surface area contributed by atoms with Crippen LogP contribution in [0.2, 0.25) is 5.02 Å². The zero-order chi connectivity index (χ0) is 16.9. The fourth-order valence-corrected chi connectivity index (χ4v) is 2.97. The molecular weight excluding hydrogens is 327 g/mol. The number of hydrogen-bond donors (Lipinski definition) is 1. The molecule has 0 saturated carbocycles. The fourth-order valence-electron chi connectivity index (χ4n) is 2.74. The Balaban J connectivity index is 1.49. The highest BCUT2D eigenvalue weighted by molar-refractivity contribution is 6.31. The number of aryl methyl sites for hydroxylation is 1. The van der Waals surface area contributed by atoms with Crippen LogP contribution in [0.25, 0.3) is 10.9 Å². The van der Waals surface area contributed by atoms with Crippen LogP contribution in [0.15, 0.2) is 54.7 Å². The fraction of sp³-hybridized carbons (Fsp3) is 0.211. The van der Waals surface area contributed by atoms with E-state index in [1.807, 2.05) is 18.3 Å². The smallest absolute Gasteiger partial charge is 0.224 e.